The van der Waals surface area contributed by atoms with Gasteiger partial charge in [0.2, 0.25) is 5.69 Å². The van der Waals surface area contributed by atoms with Crippen LogP contribution in [0, 0.1) is 12.7 Å². The van der Waals surface area contributed by atoms with Gasteiger partial charge in [0.15, 0.2) is 6.20 Å². The second kappa shape index (κ2) is 10.7. The average Bonchev–Trinajstić information content (AvgIpc) is 3.40. The molecule has 0 aliphatic heterocycles. The van der Waals surface area contributed by atoms with Crippen LogP contribution in [-0.4, -0.2) is 0 Å². The number of halogens is 1. The number of fused-ring (bicyclic) bond motifs is 3. The zero-order chi connectivity index (χ0) is 29.7. The number of furan rings is 1. The minimum atomic E-state index is -0.295. The lowest BCUT2D eigenvalue weighted by atomic mass is 9.95. The highest BCUT2D eigenvalue weighted by atomic mass is 19.1. The largest absolute Gasteiger partial charge is 0.454 e. The molecule has 3 heteroatoms. The third-order valence-corrected chi connectivity index (χ3v) is 8.54. The fraction of sp³-hybridized carbons (Fsp3) is 0.125. The lowest BCUT2D eigenvalue weighted by Gasteiger charge is -2.09. The summed E-state index contributed by atoms with van der Waals surface area (Å²) in [5.41, 5.74) is 11.7. The van der Waals surface area contributed by atoms with Crippen LogP contribution in [0.15, 0.2) is 126 Å². The van der Waals surface area contributed by atoms with Gasteiger partial charge in [0, 0.05) is 22.9 Å². The number of aromatic nitrogens is 1. The van der Waals surface area contributed by atoms with E-state index in [-0.39, 0.29) is 5.82 Å². The molecule has 0 aliphatic carbocycles. The molecule has 0 spiro atoms. The second-order valence-electron chi connectivity index (χ2n) is 11.7. The van der Waals surface area contributed by atoms with Crippen LogP contribution in [0.2, 0.25) is 0 Å². The maximum Gasteiger partial charge on any atom is 0.216 e. The van der Waals surface area contributed by atoms with Crippen LogP contribution < -0.4 is 4.57 Å². The first-order valence-corrected chi connectivity index (χ1v) is 14.8. The van der Waals surface area contributed by atoms with Crippen molar-refractivity contribution < 1.29 is 13.4 Å². The Hall–Kier alpha value is -5.02. The number of benzene rings is 5. The molecule has 0 radical (unpaired) electrons. The summed E-state index contributed by atoms with van der Waals surface area (Å²) >= 11 is 0. The molecule has 7 rings (SSSR count). The maximum absolute atomic E-state index is 15.6. The van der Waals surface area contributed by atoms with Gasteiger partial charge in [-0.05, 0) is 70.0 Å². The molecule has 0 N–H and O–H groups in total. The van der Waals surface area contributed by atoms with Crippen molar-refractivity contribution in [3.63, 3.8) is 0 Å². The minimum absolute atomic E-state index is 0.295. The highest BCUT2D eigenvalue weighted by Crippen LogP contribution is 2.42. The van der Waals surface area contributed by atoms with Crippen LogP contribution in [0.4, 0.5) is 4.39 Å². The van der Waals surface area contributed by atoms with Gasteiger partial charge in [0.1, 0.15) is 24.0 Å². The van der Waals surface area contributed by atoms with E-state index in [0.29, 0.717) is 17.1 Å². The smallest absolute Gasteiger partial charge is 0.216 e. The number of rotatable bonds is 5. The maximum atomic E-state index is 15.6. The zero-order valence-corrected chi connectivity index (χ0v) is 24.9. The first-order chi connectivity index (χ1) is 20.9. The summed E-state index contributed by atoms with van der Waals surface area (Å²) < 4.78 is 24.4. The van der Waals surface area contributed by atoms with Gasteiger partial charge < -0.3 is 4.42 Å². The van der Waals surface area contributed by atoms with E-state index < -0.39 is 0 Å². The predicted octanol–water partition coefficient (Wildman–Crippen LogP) is 10.6. The van der Waals surface area contributed by atoms with Gasteiger partial charge in [-0.15, -0.1) is 0 Å². The van der Waals surface area contributed by atoms with E-state index in [1.165, 1.54) is 16.7 Å². The fourth-order valence-electron chi connectivity index (χ4n) is 6.10. The van der Waals surface area contributed by atoms with Gasteiger partial charge >= 0.3 is 0 Å². The van der Waals surface area contributed by atoms with Crippen LogP contribution in [0.1, 0.15) is 30.9 Å². The third kappa shape index (κ3) is 4.71. The van der Waals surface area contributed by atoms with E-state index in [1.807, 2.05) is 24.3 Å². The first kappa shape index (κ1) is 26.9. The Morgan fingerprint density at radius 1 is 0.605 bits per heavy atom. The summed E-state index contributed by atoms with van der Waals surface area (Å²) in [7, 11) is 2.06. The Morgan fingerprint density at radius 3 is 1.91 bits per heavy atom. The van der Waals surface area contributed by atoms with Gasteiger partial charge in [0.25, 0.3) is 0 Å². The molecule has 2 nitrogen and oxygen atoms in total. The van der Waals surface area contributed by atoms with Crippen LogP contribution in [0.5, 0.6) is 0 Å². The molecule has 0 bridgehead atoms. The lowest BCUT2D eigenvalue weighted by Crippen LogP contribution is -2.31. The van der Waals surface area contributed by atoms with Gasteiger partial charge in [-0.1, -0.05) is 98.8 Å². The van der Waals surface area contributed by atoms with Crippen molar-refractivity contribution in [2.24, 2.45) is 7.05 Å². The lowest BCUT2D eigenvalue weighted by molar-refractivity contribution is -0.660. The second-order valence-corrected chi connectivity index (χ2v) is 11.7. The SMILES string of the molecule is Cc1ccc2c(oc3c(-c4ccc(-c5cccc(-c6ccccc6)c5)cc4)c(F)ccc32)c1-c1cc(C(C)C)cc[n+]1C. The monoisotopic (exact) mass is 562 g/mol. The molecule has 2 heterocycles. The molecule has 5 aromatic carbocycles. The molecule has 0 aliphatic rings. The topological polar surface area (TPSA) is 17.0 Å². The van der Waals surface area contributed by atoms with Gasteiger partial charge in [-0.25, -0.2) is 8.96 Å². The van der Waals surface area contributed by atoms with Crippen molar-refractivity contribution in [2.75, 3.05) is 0 Å². The molecule has 0 unspecified atom stereocenters. The highest BCUT2D eigenvalue weighted by molar-refractivity contribution is 6.13. The molecule has 43 heavy (non-hydrogen) atoms. The Kier molecular flexibility index (Phi) is 6.66. The fourth-order valence-corrected chi connectivity index (χ4v) is 6.10. The number of nitrogens with zero attached hydrogens (tertiary/aromatic N) is 1. The molecule has 0 fully saturated rings. The van der Waals surface area contributed by atoms with Gasteiger partial charge in [-0.2, -0.15) is 0 Å². The van der Waals surface area contributed by atoms with Crippen molar-refractivity contribution in [1.29, 1.82) is 0 Å². The number of hydrogen-bond donors (Lipinski definition) is 0. The molecule has 210 valence electrons. The summed E-state index contributed by atoms with van der Waals surface area (Å²) in [5, 5.41) is 1.90. The van der Waals surface area contributed by atoms with Crippen molar-refractivity contribution in [2.45, 2.75) is 26.7 Å². The number of aryl methyl sites for hydroxylation is 2. The Labute approximate surface area is 251 Å². The average molecular weight is 563 g/mol. The molecule has 0 saturated heterocycles. The Balaban J connectivity index is 1.35. The zero-order valence-electron chi connectivity index (χ0n) is 24.9. The summed E-state index contributed by atoms with van der Waals surface area (Å²) in [4.78, 5) is 0. The number of pyridine rings is 1. The van der Waals surface area contributed by atoms with Crippen LogP contribution in [-0.2, 0) is 7.05 Å². The van der Waals surface area contributed by atoms with Crippen molar-refractivity contribution in [1.82, 2.24) is 0 Å². The summed E-state index contributed by atoms with van der Waals surface area (Å²) in [6, 6.07) is 39.0. The molecule has 7 aromatic rings. The van der Waals surface area contributed by atoms with E-state index in [0.717, 1.165) is 49.9 Å². The standard InChI is InChI=1S/C40H33FNO/c1-25(2)30-21-22-42(4)36(24-30)37-26(3)13-18-33-34-19-20-35(41)38(40(34)43-39(33)37)29-16-14-28(15-17-29)32-12-8-11-31(23-32)27-9-6-5-7-10-27/h5-25H,1-4H3/q+1. The Bertz CT molecular complexity index is 2120. The first-order valence-electron chi connectivity index (χ1n) is 14.8. The molecular weight excluding hydrogens is 529 g/mol. The van der Waals surface area contributed by atoms with E-state index >= 15 is 4.39 Å². The van der Waals surface area contributed by atoms with Gasteiger partial charge in [0.05, 0.1) is 11.1 Å². The minimum Gasteiger partial charge on any atom is -0.454 e. The summed E-state index contributed by atoms with van der Waals surface area (Å²) in [6.07, 6.45) is 2.10. The van der Waals surface area contributed by atoms with E-state index in [4.69, 9.17) is 4.42 Å². The van der Waals surface area contributed by atoms with E-state index in [9.17, 15) is 0 Å². The van der Waals surface area contributed by atoms with Crippen molar-refractivity contribution in [3.8, 4) is 44.6 Å². The van der Waals surface area contributed by atoms with Crippen LogP contribution in [0.3, 0.4) is 0 Å². The highest BCUT2D eigenvalue weighted by Gasteiger charge is 2.24. The Morgan fingerprint density at radius 2 is 1.21 bits per heavy atom. The van der Waals surface area contributed by atoms with E-state index in [2.05, 4.69) is 124 Å². The molecular formula is C40H33FNO+. The number of hydrogen-bond acceptors (Lipinski definition) is 1. The quantitative estimate of drug-likeness (QED) is 0.191. The normalized spacial score (nSPS) is 11.6. The summed E-state index contributed by atoms with van der Waals surface area (Å²) in [5.74, 6) is 0.107. The van der Waals surface area contributed by atoms with Gasteiger partial charge in [-0.3, -0.25) is 0 Å². The van der Waals surface area contributed by atoms with Crippen LogP contribution >= 0.6 is 0 Å². The van der Waals surface area contributed by atoms with Crippen molar-refractivity contribution >= 4 is 21.9 Å². The van der Waals surface area contributed by atoms with Crippen LogP contribution in [0.25, 0.3) is 66.6 Å². The third-order valence-electron chi connectivity index (χ3n) is 8.54. The van der Waals surface area contributed by atoms with Crippen molar-refractivity contribution in [3.05, 3.63) is 138 Å². The molecule has 0 saturated carbocycles. The predicted molar refractivity (Wildman–Crippen MR) is 175 cm³/mol. The molecule has 2 aromatic heterocycles. The molecule has 0 atom stereocenters. The summed E-state index contributed by atoms with van der Waals surface area (Å²) in [6.45, 7) is 6.51. The van der Waals surface area contributed by atoms with E-state index in [1.54, 1.807) is 6.07 Å². The molecule has 0 amide bonds.